The minimum absolute atomic E-state index is 0.196. The molecule has 1 saturated carbocycles. The zero-order valence-corrected chi connectivity index (χ0v) is 11.8. The van der Waals surface area contributed by atoms with E-state index in [2.05, 4.69) is 47.6 Å². The van der Waals surface area contributed by atoms with Crippen molar-refractivity contribution in [2.45, 2.75) is 49.4 Å². The summed E-state index contributed by atoms with van der Waals surface area (Å²) in [7, 11) is 4.15. The van der Waals surface area contributed by atoms with E-state index in [0.29, 0.717) is 6.04 Å². The second-order valence-corrected chi connectivity index (χ2v) is 6.07. The highest BCUT2D eigenvalue weighted by Crippen LogP contribution is 2.46. The van der Waals surface area contributed by atoms with E-state index in [9.17, 15) is 5.11 Å². The minimum Gasteiger partial charge on any atom is -0.387 e. The summed E-state index contributed by atoms with van der Waals surface area (Å²) in [4.78, 5) is 2.40. The lowest BCUT2D eigenvalue weighted by Crippen LogP contribution is -2.64. The third-order valence-electron chi connectivity index (χ3n) is 5.21. The van der Waals surface area contributed by atoms with E-state index in [1.54, 1.807) is 0 Å². The Labute approximate surface area is 115 Å². The summed E-state index contributed by atoms with van der Waals surface area (Å²) in [5.74, 6) is 0. The number of nitrogens with zero attached hydrogens (tertiary/aromatic N) is 1. The first-order valence-electron chi connectivity index (χ1n) is 7.33. The molecule has 3 heteroatoms. The van der Waals surface area contributed by atoms with Gasteiger partial charge in [-0.25, -0.2) is 0 Å². The number of benzene rings is 1. The molecule has 4 atom stereocenters. The maximum absolute atomic E-state index is 11.0. The third kappa shape index (κ3) is 2.00. The van der Waals surface area contributed by atoms with E-state index in [4.69, 9.17) is 0 Å². The summed E-state index contributed by atoms with van der Waals surface area (Å²) in [5, 5.41) is 14.4. The number of hydrogen-bond donors (Lipinski definition) is 2. The van der Waals surface area contributed by atoms with Gasteiger partial charge >= 0.3 is 0 Å². The van der Waals surface area contributed by atoms with Crippen LogP contribution >= 0.6 is 0 Å². The molecule has 1 heterocycles. The molecule has 1 aliphatic carbocycles. The topological polar surface area (TPSA) is 35.5 Å². The predicted molar refractivity (Wildman–Crippen MR) is 77.0 cm³/mol. The van der Waals surface area contributed by atoms with Crippen LogP contribution in [0.2, 0.25) is 0 Å². The van der Waals surface area contributed by atoms with Crippen molar-refractivity contribution in [3.63, 3.8) is 0 Å². The van der Waals surface area contributed by atoms with Gasteiger partial charge in [-0.1, -0.05) is 30.3 Å². The van der Waals surface area contributed by atoms with Gasteiger partial charge in [-0.15, -0.1) is 0 Å². The van der Waals surface area contributed by atoms with Gasteiger partial charge in [-0.3, -0.25) is 4.90 Å². The van der Waals surface area contributed by atoms with E-state index >= 15 is 0 Å². The maximum Gasteiger partial charge on any atom is 0.0954 e. The monoisotopic (exact) mass is 260 g/mol. The smallest absolute Gasteiger partial charge is 0.0954 e. The molecule has 1 aliphatic heterocycles. The maximum atomic E-state index is 11.0. The van der Waals surface area contributed by atoms with E-state index in [0.717, 1.165) is 25.7 Å². The van der Waals surface area contributed by atoms with Gasteiger partial charge in [0.05, 0.1) is 5.60 Å². The Morgan fingerprint density at radius 1 is 1.32 bits per heavy atom. The van der Waals surface area contributed by atoms with Gasteiger partial charge < -0.3 is 10.4 Å². The summed E-state index contributed by atoms with van der Waals surface area (Å²) in [6, 6.07) is 11.6. The number of rotatable bonds is 2. The summed E-state index contributed by atoms with van der Waals surface area (Å²) >= 11 is 0. The molecule has 3 nitrogen and oxygen atoms in total. The van der Waals surface area contributed by atoms with Crippen LogP contribution in [-0.2, 0) is 0 Å². The van der Waals surface area contributed by atoms with Crippen LogP contribution in [0, 0.1) is 0 Å². The SMILES string of the molecule is CNC1CC(c2ccccc2)N(C)C2CCCC12O. The molecule has 0 radical (unpaired) electrons. The summed E-state index contributed by atoms with van der Waals surface area (Å²) in [6.07, 6.45) is 4.14. The quantitative estimate of drug-likeness (QED) is 0.853. The fourth-order valence-electron chi connectivity index (χ4n) is 4.18. The highest BCUT2D eigenvalue weighted by molar-refractivity contribution is 5.23. The number of likely N-dealkylation sites (tertiary alicyclic amines) is 1. The zero-order valence-electron chi connectivity index (χ0n) is 11.8. The molecule has 4 unspecified atom stereocenters. The molecule has 104 valence electrons. The van der Waals surface area contributed by atoms with Crippen LogP contribution in [0.15, 0.2) is 30.3 Å². The number of nitrogens with one attached hydrogen (secondary N) is 1. The Kier molecular flexibility index (Phi) is 3.37. The van der Waals surface area contributed by atoms with Crippen molar-refractivity contribution in [1.29, 1.82) is 0 Å². The van der Waals surface area contributed by atoms with E-state index in [1.165, 1.54) is 5.56 Å². The lowest BCUT2D eigenvalue weighted by Gasteiger charge is -2.51. The van der Waals surface area contributed by atoms with Gasteiger partial charge in [-0.2, -0.15) is 0 Å². The number of likely N-dealkylation sites (N-methyl/N-ethyl adjacent to an activating group) is 2. The van der Waals surface area contributed by atoms with E-state index in [-0.39, 0.29) is 12.1 Å². The van der Waals surface area contributed by atoms with Crippen LogP contribution in [0.1, 0.15) is 37.3 Å². The highest BCUT2D eigenvalue weighted by Gasteiger charge is 2.53. The lowest BCUT2D eigenvalue weighted by atomic mass is 9.77. The molecule has 1 saturated heterocycles. The first kappa shape index (κ1) is 13.1. The van der Waals surface area contributed by atoms with Gasteiger partial charge in [0, 0.05) is 18.1 Å². The van der Waals surface area contributed by atoms with Crippen LogP contribution < -0.4 is 5.32 Å². The first-order chi connectivity index (χ1) is 9.16. The van der Waals surface area contributed by atoms with Crippen molar-refractivity contribution < 1.29 is 5.11 Å². The van der Waals surface area contributed by atoms with Crippen LogP contribution in [0.25, 0.3) is 0 Å². The fraction of sp³-hybridized carbons (Fsp3) is 0.625. The normalized spacial score (nSPS) is 39.2. The van der Waals surface area contributed by atoms with Gasteiger partial charge in [0.2, 0.25) is 0 Å². The van der Waals surface area contributed by atoms with E-state index in [1.807, 2.05) is 7.05 Å². The minimum atomic E-state index is -0.547. The van der Waals surface area contributed by atoms with Crippen molar-refractivity contribution in [2.24, 2.45) is 0 Å². The van der Waals surface area contributed by atoms with Crippen LogP contribution in [0.3, 0.4) is 0 Å². The first-order valence-corrected chi connectivity index (χ1v) is 7.33. The number of fused-ring (bicyclic) bond motifs is 1. The number of hydrogen-bond acceptors (Lipinski definition) is 3. The summed E-state index contributed by atoms with van der Waals surface area (Å²) in [6.45, 7) is 0. The molecule has 2 aliphatic rings. The Balaban J connectivity index is 1.92. The Bertz CT molecular complexity index is 436. The molecule has 0 spiro atoms. The molecule has 3 rings (SSSR count). The predicted octanol–water partition coefficient (Wildman–Crippen LogP) is 1.93. The molecular weight excluding hydrogens is 236 g/mol. The Morgan fingerprint density at radius 3 is 2.74 bits per heavy atom. The van der Waals surface area contributed by atoms with E-state index < -0.39 is 5.60 Å². The number of piperidine rings is 1. The Hall–Kier alpha value is -0.900. The van der Waals surface area contributed by atoms with Crippen molar-refractivity contribution in [3.8, 4) is 0 Å². The molecule has 0 amide bonds. The molecule has 2 fully saturated rings. The highest BCUT2D eigenvalue weighted by atomic mass is 16.3. The number of aliphatic hydroxyl groups is 1. The van der Waals surface area contributed by atoms with Crippen molar-refractivity contribution >= 4 is 0 Å². The van der Waals surface area contributed by atoms with Crippen molar-refractivity contribution in [2.75, 3.05) is 14.1 Å². The molecule has 19 heavy (non-hydrogen) atoms. The van der Waals surface area contributed by atoms with Gasteiger partial charge in [0.25, 0.3) is 0 Å². The van der Waals surface area contributed by atoms with Gasteiger partial charge in [0.15, 0.2) is 0 Å². The second kappa shape index (κ2) is 4.89. The standard InChI is InChI=1S/C16H24N2O/c1-17-14-11-13(12-7-4-3-5-8-12)18(2)15-9-6-10-16(14,15)19/h3-5,7-8,13-15,17,19H,6,9-11H2,1-2H3. The molecule has 0 bridgehead atoms. The van der Waals surface area contributed by atoms with Crippen LogP contribution in [0.4, 0.5) is 0 Å². The summed E-state index contributed by atoms with van der Waals surface area (Å²) < 4.78 is 0. The Morgan fingerprint density at radius 2 is 2.05 bits per heavy atom. The third-order valence-corrected chi connectivity index (χ3v) is 5.21. The van der Waals surface area contributed by atoms with Crippen molar-refractivity contribution in [1.82, 2.24) is 10.2 Å². The zero-order chi connectivity index (χ0) is 13.5. The average Bonchev–Trinajstić information content (AvgIpc) is 2.83. The largest absolute Gasteiger partial charge is 0.387 e. The van der Waals surface area contributed by atoms with Crippen LogP contribution in [0.5, 0.6) is 0 Å². The van der Waals surface area contributed by atoms with Crippen LogP contribution in [-0.4, -0.2) is 41.8 Å². The lowest BCUT2D eigenvalue weighted by molar-refractivity contribution is -0.0969. The second-order valence-electron chi connectivity index (χ2n) is 6.07. The molecule has 2 N–H and O–H groups in total. The average molecular weight is 260 g/mol. The molecular formula is C16H24N2O. The van der Waals surface area contributed by atoms with Gasteiger partial charge in [-0.05, 0) is 45.3 Å². The van der Waals surface area contributed by atoms with Crippen molar-refractivity contribution in [3.05, 3.63) is 35.9 Å². The molecule has 1 aromatic rings. The fourth-order valence-corrected chi connectivity index (χ4v) is 4.18. The molecule has 1 aromatic carbocycles. The summed E-state index contributed by atoms with van der Waals surface area (Å²) in [5.41, 5.74) is 0.814. The van der Waals surface area contributed by atoms with Gasteiger partial charge in [0.1, 0.15) is 0 Å². The molecule has 0 aromatic heterocycles.